The molecule has 2 heterocycles. The maximum absolute atomic E-state index is 12.5. The topological polar surface area (TPSA) is 108 Å². The first-order valence-corrected chi connectivity index (χ1v) is 7.47. The molecule has 124 valence electrons. The van der Waals surface area contributed by atoms with Crippen LogP contribution in [0.4, 0.5) is 0 Å². The van der Waals surface area contributed by atoms with Gasteiger partial charge in [-0.1, -0.05) is 18.2 Å². The molecule has 0 radical (unpaired) electrons. The van der Waals surface area contributed by atoms with E-state index in [1.807, 2.05) is 18.2 Å². The summed E-state index contributed by atoms with van der Waals surface area (Å²) in [5.41, 5.74) is 1.31. The predicted molar refractivity (Wildman–Crippen MR) is 89.2 cm³/mol. The summed E-state index contributed by atoms with van der Waals surface area (Å²) in [6.45, 7) is 1.72. The Hall–Kier alpha value is -3.09. The third kappa shape index (κ3) is 2.76. The van der Waals surface area contributed by atoms with Crippen molar-refractivity contribution in [2.45, 2.75) is 19.3 Å². The molecule has 1 aromatic carbocycles. The molecule has 0 spiro atoms. The fourth-order valence-corrected chi connectivity index (χ4v) is 2.92. The Morgan fingerprint density at radius 1 is 1.17 bits per heavy atom. The lowest BCUT2D eigenvalue weighted by atomic mass is 9.89. The minimum atomic E-state index is -0.694. The van der Waals surface area contributed by atoms with Crippen molar-refractivity contribution in [3.8, 4) is 0 Å². The second kappa shape index (κ2) is 6.19. The molecule has 3 aromatic rings. The molecular weight excluding hydrogens is 310 g/mol. The van der Waals surface area contributed by atoms with Crippen LogP contribution in [0.2, 0.25) is 0 Å². The number of aryl methyl sites for hydroxylation is 1. The number of hydrogen-bond donors (Lipinski definition) is 3. The summed E-state index contributed by atoms with van der Waals surface area (Å²) in [6, 6.07) is 9.05. The van der Waals surface area contributed by atoms with Gasteiger partial charge in [0.15, 0.2) is 0 Å². The number of pyridine rings is 1. The summed E-state index contributed by atoms with van der Waals surface area (Å²) in [5, 5.41) is 6.05. The Balaban J connectivity index is 2.22. The first-order valence-electron chi connectivity index (χ1n) is 7.47. The Morgan fingerprint density at radius 3 is 2.58 bits per heavy atom. The van der Waals surface area contributed by atoms with E-state index in [4.69, 9.17) is 4.74 Å². The van der Waals surface area contributed by atoms with E-state index in [0.717, 1.165) is 5.39 Å². The monoisotopic (exact) mass is 327 g/mol. The van der Waals surface area contributed by atoms with Crippen molar-refractivity contribution in [2.75, 3.05) is 7.11 Å². The van der Waals surface area contributed by atoms with Gasteiger partial charge in [0.2, 0.25) is 0 Å². The molecule has 3 rings (SSSR count). The summed E-state index contributed by atoms with van der Waals surface area (Å²) in [6.07, 6.45) is -0.0975. The van der Waals surface area contributed by atoms with Crippen LogP contribution in [-0.4, -0.2) is 28.3 Å². The number of esters is 1. The molecule has 7 nitrogen and oxygen atoms in total. The second-order valence-electron chi connectivity index (χ2n) is 5.59. The van der Waals surface area contributed by atoms with Crippen LogP contribution in [0.5, 0.6) is 0 Å². The number of aromatic nitrogens is 3. The lowest BCUT2D eigenvalue weighted by molar-refractivity contribution is -0.140. The number of nitrogens with one attached hydrogen (secondary N) is 3. The van der Waals surface area contributed by atoms with Crippen molar-refractivity contribution in [2.24, 2.45) is 0 Å². The number of aromatic amines is 3. The lowest BCUT2D eigenvalue weighted by Crippen LogP contribution is -2.23. The Bertz CT molecular complexity index is 1010. The molecule has 7 heteroatoms. The molecule has 0 aliphatic rings. The molecule has 0 unspecified atom stereocenters. The molecule has 0 saturated heterocycles. The van der Waals surface area contributed by atoms with Gasteiger partial charge in [0.25, 0.3) is 11.1 Å². The SMILES string of the molecule is COC(=O)C[C@@H](c1cc2ccccc2[nH]c1=O)c1c(C)[nH][nH]c1=O. The van der Waals surface area contributed by atoms with Gasteiger partial charge in [-0.25, -0.2) is 0 Å². The predicted octanol–water partition coefficient (Wildman–Crippen LogP) is 1.55. The number of para-hydroxylation sites is 1. The molecule has 24 heavy (non-hydrogen) atoms. The minimum Gasteiger partial charge on any atom is -0.469 e. The molecule has 0 aliphatic heterocycles. The van der Waals surface area contributed by atoms with Crippen molar-refractivity contribution in [3.05, 3.63) is 67.9 Å². The number of benzene rings is 1. The Labute approximate surface area is 136 Å². The third-order valence-electron chi connectivity index (χ3n) is 4.12. The van der Waals surface area contributed by atoms with E-state index in [1.54, 1.807) is 19.1 Å². The van der Waals surface area contributed by atoms with Gasteiger partial charge in [-0.05, 0) is 24.4 Å². The largest absolute Gasteiger partial charge is 0.469 e. The van der Waals surface area contributed by atoms with Gasteiger partial charge in [0, 0.05) is 28.3 Å². The standard InChI is InChI=1S/C17H17N3O4/c1-9-15(17(23)20-19-9)11(8-14(21)24-2)12-7-10-5-3-4-6-13(10)18-16(12)22/h3-7,11H,8H2,1-2H3,(H,18,22)(H2,19,20,23)/t11-/m0/s1. The van der Waals surface area contributed by atoms with Gasteiger partial charge in [-0.15, -0.1) is 0 Å². The Kier molecular flexibility index (Phi) is 4.07. The molecule has 0 amide bonds. The van der Waals surface area contributed by atoms with E-state index in [9.17, 15) is 14.4 Å². The number of carbonyl (C=O) groups excluding carboxylic acids is 1. The van der Waals surface area contributed by atoms with Crippen molar-refractivity contribution >= 4 is 16.9 Å². The number of fused-ring (bicyclic) bond motifs is 1. The van der Waals surface area contributed by atoms with E-state index in [2.05, 4.69) is 15.2 Å². The van der Waals surface area contributed by atoms with Crippen LogP contribution in [0.3, 0.4) is 0 Å². The smallest absolute Gasteiger partial charge is 0.306 e. The number of carbonyl (C=O) groups is 1. The average molecular weight is 327 g/mol. The summed E-state index contributed by atoms with van der Waals surface area (Å²) in [7, 11) is 1.28. The fraction of sp³-hybridized carbons (Fsp3) is 0.235. The van der Waals surface area contributed by atoms with Crippen LogP contribution in [0.15, 0.2) is 39.9 Å². The van der Waals surface area contributed by atoms with E-state index >= 15 is 0 Å². The van der Waals surface area contributed by atoms with Crippen LogP contribution >= 0.6 is 0 Å². The third-order valence-corrected chi connectivity index (χ3v) is 4.12. The van der Waals surface area contributed by atoms with Crippen molar-refractivity contribution in [1.82, 2.24) is 15.2 Å². The summed E-state index contributed by atoms with van der Waals surface area (Å²) in [4.78, 5) is 39.3. The Morgan fingerprint density at radius 2 is 1.92 bits per heavy atom. The molecular formula is C17H17N3O4. The zero-order valence-corrected chi connectivity index (χ0v) is 13.3. The molecule has 0 aliphatic carbocycles. The highest BCUT2D eigenvalue weighted by molar-refractivity contribution is 5.79. The maximum Gasteiger partial charge on any atom is 0.306 e. The minimum absolute atomic E-state index is 0.0975. The molecule has 0 bridgehead atoms. The number of H-pyrrole nitrogens is 3. The van der Waals surface area contributed by atoms with Crippen LogP contribution < -0.4 is 11.1 Å². The lowest BCUT2D eigenvalue weighted by Gasteiger charge is -2.15. The maximum atomic E-state index is 12.5. The van der Waals surface area contributed by atoms with Gasteiger partial charge in [0.1, 0.15) is 0 Å². The quantitative estimate of drug-likeness (QED) is 0.632. The van der Waals surface area contributed by atoms with Gasteiger partial charge in [0.05, 0.1) is 13.5 Å². The van der Waals surface area contributed by atoms with E-state index in [1.165, 1.54) is 7.11 Å². The molecule has 1 atom stereocenters. The van der Waals surface area contributed by atoms with Crippen LogP contribution in [0.25, 0.3) is 10.9 Å². The molecule has 3 N–H and O–H groups in total. The average Bonchev–Trinajstić information content (AvgIpc) is 2.91. The fourth-order valence-electron chi connectivity index (χ4n) is 2.92. The highest BCUT2D eigenvalue weighted by atomic mass is 16.5. The number of ether oxygens (including phenoxy) is 1. The van der Waals surface area contributed by atoms with Crippen LogP contribution in [0.1, 0.15) is 29.2 Å². The van der Waals surface area contributed by atoms with Gasteiger partial charge in [-0.3, -0.25) is 19.5 Å². The number of rotatable bonds is 4. The molecule has 2 aromatic heterocycles. The molecule has 0 saturated carbocycles. The van der Waals surface area contributed by atoms with Crippen molar-refractivity contribution in [1.29, 1.82) is 0 Å². The second-order valence-corrected chi connectivity index (χ2v) is 5.59. The van der Waals surface area contributed by atoms with Crippen molar-refractivity contribution in [3.63, 3.8) is 0 Å². The normalized spacial score (nSPS) is 12.2. The highest BCUT2D eigenvalue weighted by Gasteiger charge is 2.27. The van der Waals surface area contributed by atoms with Gasteiger partial charge >= 0.3 is 5.97 Å². The summed E-state index contributed by atoms with van der Waals surface area (Å²) >= 11 is 0. The first-order chi connectivity index (χ1) is 11.5. The number of methoxy groups -OCH3 is 1. The van der Waals surface area contributed by atoms with E-state index < -0.39 is 11.9 Å². The van der Waals surface area contributed by atoms with Gasteiger partial charge in [-0.2, -0.15) is 0 Å². The summed E-state index contributed by atoms with van der Waals surface area (Å²) < 4.78 is 4.73. The van der Waals surface area contributed by atoms with Crippen LogP contribution in [0, 0.1) is 6.92 Å². The number of hydrogen-bond acceptors (Lipinski definition) is 4. The zero-order chi connectivity index (χ0) is 17.3. The zero-order valence-electron chi connectivity index (χ0n) is 13.3. The van der Waals surface area contributed by atoms with E-state index in [-0.39, 0.29) is 17.5 Å². The van der Waals surface area contributed by atoms with Gasteiger partial charge < -0.3 is 14.8 Å². The molecule has 0 fully saturated rings. The first kappa shape index (κ1) is 15.8. The summed E-state index contributed by atoms with van der Waals surface area (Å²) in [5.74, 6) is -1.19. The highest BCUT2D eigenvalue weighted by Crippen LogP contribution is 2.27. The van der Waals surface area contributed by atoms with Crippen molar-refractivity contribution < 1.29 is 9.53 Å². The van der Waals surface area contributed by atoms with Crippen LogP contribution in [-0.2, 0) is 9.53 Å². The van der Waals surface area contributed by atoms with E-state index in [0.29, 0.717) is 22.3 Å².